The molecular formula is C16H15FN4O2S. The second kappa shape index (κ2) is 5.64. The summed E-state index contributed by atoms with van der Waals surface area (Å²) >= 11 is 0. The van der Waals surface area contributed by atoms with Crippen molar-refractivity contribution in [2.45, 2.75) is 23.8 Å². The number of fused-ring (bicyclic) bond motifs is 1. The number of benzene rings is 1. The molecule has 4 rings (SSSR count). The second-order valence-electron chi connectivity index (χ2n) is 5.72. The zero-order valence-corrected chi connectivity index (χ0v) is 13.5. The Hall–Kier alpha value is -2.32. The second-order valence-corrected chi connectivity index (χ2v) is 7.61. The minimum atomic E-state index is -3.79. The van der Waals surface area contributed by atoms with Gasteiger partial charge in [0, 0.05) is 12.7 Å². The Morgan fingerprint density at radius 2 is 2.00 bits per heavy atom. The molecule has 0 spiro atoms. The van der Waals surface area contributed by atoms with Crippen molar-refractivity contribution in [2.75, 3.05) is 6.54 Å². The molecule has 0 amide bonds. The normalized spacial score (nSPS) is 19.1. The van der Waals surface area contributed by atoms with Crippen LogP contribution in [0.15, 0.2) is 53.6 Å². The van der Waals surface area contributed by atoms with Gasteiger partial charge in [0.15, 0.2) is 11.5 Å². The van der Waals surface area contributed by atoms with Crippen LogP contribution < -0.4 is 0 Å². The standard InChI is InChI=1S/C16H15FN4O2S/c17-12-5-3-6-13(11-12)24(22,23)21-10-4-7-14(21)16-19-18-15-8-1-2-9-20(15)16/h1-3,5-6,8-9,11,14H,4,7,10H2. The van der Waals surface area contributed by atoms with Gasteiger partial charge in [-0.15, -0.1) is 10.2 Å². The molecular weight excluding hydrogens is 331 g/mol. The molecule has 0 bridgehead atoms. The predicted octanol–water partition coefficient (Wildman–Crippen LogP) is 2.39. The SMILES string of the molecule is O=S(=O)(c1cccc(F)c1)N1CCCC1c1nnc2ccccn12. The molecule has 1 unspecified atom stereocenters. The largest absolute Gasteiger partial charge is 0.285 e. The monoisotopic (exact) mass is 346 g/mol. The highest BCUT2D eigenvalue weighted by molar-refractivity contribution is 7.89. The molecule has 0 saturated carbocycles. The van der Waals surface area contributed by atoms with Gasteiger partial charge in [-0.1, -0.05) is 12.1 Å². The summed E-state index contributed by atoms with van der Waals surface area (Å²) in [6.07, 6.45) is 3.20. The van der Waals surface area contributed by atoms with E-state index in [2.05, 4.69) is 10.2 Å². The summed E-state index contributed by atoms with van der Waals surface area (Å²) in [4.78, 5) is -0.0387. The van der Waals surface area contributed by atoms with Crippen LogP contribution in [0, 0.1) is 5.82 Å². The maximum absolute atomic E-state index is 13.5. The van der Waals surface area contributed by atoms with Crippen LogP contribution >= 0.6 is 0 Å². The summed E-state index contributed by atoms with van der Waals surface area (Å²) < 4.78 is 42.5. The summed E-state index contributed by atoms with van der Waals surface area (Å²) in [6.45, 7) is 0.380. The molecule has 6 nitrogen and oxygen atoms in total. The Bertz CT molecular complexity index is 1000. The fraction of sp³-hybridized carbons (Fsp3) is 0.250. The van der Waals surface area contributed by atoms with E-state index in [4.69, 9.17) is 0 Å². The molecule has 24 heavy (non-hydrogen) atoms. The third kappa shape index (κ3) is 2.38. The number of hydrogen-bond donors (Lipinski definition) is 0. The summed E-state index contributed by atoms with van der Waals surface area (Å²) in [5.41, 5.74) is 0.669. The van der Waals surface area contributed by atoms with Crippen LogP contribution in [0.25, 0.3) is 5.65 Å². The first-order valence-corrected chi connectivity index (χ1v) is 9.08. The van der Waals surface area contributed by atoms with Crippen molar-refractivity contribution in [1.29, 1.82) is 0 Å². The maximum atomic E-state index is 13.5. The lowest BCUT2D eigenvalue weighted by molar-refractivity contribution is 0.381. The van der Waals surface area contributed by atoms with Gasteiger partial charge in [-0.05, 0) is 43.2 Å². The first-order valence-electron chi connectivity index (χ1n) is 7.64. The van der Waals surface area contributed by atoms with Gasteiger partial charge in [-0.25, -0.2) is 12.8 Å². The van der Waals surface area contributed by atoms with Crippen molar-refractivity contribution in [1.82, 2.24) is 18.9 Å². The Labute approximate surface area is 138 Å². The minimum Gasteiger partial charge on any atom is -0.285 e. The number of halogens is 1. The number of pyridine rings is 1. The van der Waals surface area contributed by atoms with Gasteiger partial charge >= 0.3 is 0 Å². The number of aromatic nitrogens is 3. The Morgan fingerprint density at radius 1 is 1.12 bits per heavy atom. The van der Waals surface area contributed by atoms with Gasteiger partial charge in [-0.2, -0.15) is 4.31 Å². The van der Waals surface area contributed by atoms with Crippen LogP contribution in [-0.2, 0) is 10.0 Å². The summed E-state index contributed by atoms with van der Waals surface area (Å²) in [5.74, 6) is 0.0165. The summed E-state index contributed by atoms with van der Waals surface area (Å²) in [5, 5.41) is 8.28. The molecule has 1 aromatic carbocycles. The van der Waals surface area contributed by atoms with Gasteiger partial charge in [0.05, 0.1) is 10.9 Å². The van der Waals surface area contributed by atoms with E-state index >= 15 is 0 Å². The Morgan fingerprint density at radius 3 is 2.83 bits per heavy atom. The average Bonchev–Trinajstić information content (AvgIpc) is 3.21. The molecule has 1 saturated heterocycles. The highest BCUT2D eigenvalue weighted by Crippen LogP contribution is 2.35. The molecule has 3 heterocycles. The van der Waals surface area contributed by atoms with E-state index in [1.165, 1.54) is 22.5 Å². The van der Waals surface area contributed by atoms with E-state index < -0.39 is 21.9 Å². The Balaban J connectivity index is 1.78. The number of rotatable bonds is 3. The first kappa shape index (κ1) is 15.2. The molecule has 0 N–H and O–H groups in total. The fourth-order valence-electron chi connectivity index (χ4n) is 3.14. The molecule has 2 aromatic heterocycles. The van der Waals surface area contributed by atoms with Crippen LogP contribution in [0.1, 0.15) is 24.7 Å². The predicted molar refractivity (Wildman–Crippen MR) is 85.3 cm³/mol. The van der Waals surface area contributed by atoms with E-state index in [-0.39, 0.29) is 4.90 Å². The molecule has 124 valence electrons. The third-order valence-electron chi connectivity index (χ3n) is 4.24. The molecule has 0 radical (unpaired) electrons. The van der Waals surface area contributed by atoms with Crippen molar-refractivity contribution in [2.24, 2.45) is 0 Å². The van der Waals surface area contributed by atoms with Gasteiger partial charge in [0.2, 0.25) is 10.0 Å². The molecule has 1 aliphatic heterocycles. The molecule has 8 heteroatoms. The fourth-order valence-corrected chi connectivity index (χ4v) is 4.82. The molecule has 1 aliphatic rings. The van der Waals surface area contributed by atoms with Crippen molar-refractivity contribution in [3.63, 3.8) is 0 Å². The van der Waals surface area contributed by atoms with Crippen LogP contribution in [0.2, 0.25) is 0 Å². The number of hydrogen-bond acceptors (Lipinski definition) is 4. The lowest BCUT2D eigenvalue weighted by atomic mass is 10.2. The Kier molecular flexibility index (Phi) is 3.58. The van der Waals surface area contributed by atoms with E-state index in [0.29, 0.717) is 24.4 Å². The van der Waals surface area contributed by atoms with Gasteiger partial charge in [0.1, 0.15) is 5.82 Å². The summed E-state index contributed by atoms with van der Waals surface area (Å²) in [6, 6.07) is 10.2. The lowest BCUT2D eigenvalue weighted by Gasteiger charge is -2.23. The highest BCUT2D eigenvalue weighted by Gasteiger charge is 2.38. The van der Waals surface area contributed by atoms with Gasteiger partial charge < -0.3 is 0 Å². The molecule has 3 aromatic rings. The van der Waals surface area contributed by atoms with Crippen LogP contribution in [0.5, 0.6) is 0 Å². The first-order chi connectivity index (χ1) is 11.6. The third-order valence-corrected chi connectivity index (χ3v) is 6.15. The van der Waals surface area contributed by atoms with E-state index in [9.17, 15) is 12.8 Å². The van der Waals surface area contributed by atoms with Crippen molar-refractivity contribution < 1.29 is 12.8 Å². The lowest BCUT2D eigenvalue weighted by Crippen LogP contribution is -2.31. The van der Waals surface area contributed by atoms with E-state index in [1.807, 2.05) is 24.4 Å². The van der Waals surface area contributed by atoms with Crippen molar-refractivity contribution in [3.8, 4) is 0 Å². The van der Waals surface area contributed by atoms with Crippen LogP contribution in [0.4, 0.5) is 4.39 Å². The zero-order valence-electron chi connectivity index (χ0n) is 12.7. The van der Waals surface area contributed by atoms with Crippen LogP contribution in [-0.4, -0.2) is 33.9 Å². The van der Waals surface area contributed by atoms with E-state index in [0.717, 1.165) is 12.5 Å². The molecule has 1 atom stereocenters. The molecule has 0 aliphatic carbocycles. The van der Waals surface area contributed by atoms with E-state index in [1.54, 1.807) is 4.40 Å². The topological polar surface area (TPSA) is 67.6 Å². The minimum absolute atomic E-state index is 0.0387. The number of nitrogens with zero attached hydrogens (tertiary/aromatic N) is 4. The zero-order chi connectivity index (χ0) is 16.7. The van der Waals surface area contributed by atoms with Crippen molar-refractivity contribution in [3.05, 3.63) is 60.3 Å². The van der Waals surface area contributed by atoms with Crippen LogP contribution in [0.3, 0.4) is 0 Å². The molecule has 1 fully saturated rings. The smallest absolute Gasteiger partial charge is 0.243 e. The average molecular weight is 346 g/mol. The summed E-state index contributed by atoms with van der Waals surface area (Å²) in [7, 11) is -3.79. The maximum Gasteiger partial charge on any atom is 0.243 e. The van der Waals surface area contributed by atoms with Gasteiger partial charge in [-0.3, -0.25) is 4.40 Å². The number of sulfonamides is 1. The quantitative estimate of drug-likeness (QED) is 0.730. The van der Waals surface area contributed by atoms with Crippen molar-refractivity contribution >= 4 is 15.7 Å². The van der Waals surface area contributed by atoms with Gasteiger partial charge in [0.25, 0.3) is 0 Å². The highest BCUT2D eigenvalue weighted by atomic mass is 32.2.